The van der Waals surface area contributed by atoms with E-state index in [1.165, 1.54) is 0 Å². The quantitative estimate of drug-likeness (QED) is 0.808. The lowest BCUT2D eigenvalue weighted by atomic mass is 9.83. The third-order valence-electron chi connectivity index (χ3n) is 3.41. The molecule has 2 heterocycles. The van der Waals surface area contributed by atoms with Crippen molar-refractivity contribution in [2.24, 2.45) is 12.5 Å². The van der Waals surface area contributed by atoms with E-state index in [-0.39, 0.29) is 12.0 Å². The molecular weight excluding hydrogens is 204 g/mol. The largest absolute Gasteiger partial charge is 0.396 e. The fraction of sp³-hybridized carbons (Fsp3) is 0.818. The molecule has 1 aliphatic heterocycles. The molecule has 1 aromatic heterocycles. The second-order valence-electron chi connectivity index (χ2n) is 5.14. The van der Waals surface area contributed by atoms with Crippen molar-refractivity contribution >= 4 is 0 Å². The van der Waals surface area contributed by atoms with E-state index in [4.69, 9.17) is 0 Å². The van der Waals surface area contributed by atoms with Crippen LogP contribution in [0.5, 0.6) is 0 Å². The first-order valence-corrected chi connectivity index (χ1v) is 5.79. The number of aliphatic hydroxyl groups excluding tert-OH is 1. The second-order valence-corrected chi connectivity index (χ2v) is 5.14. The van der Waals surface area contributed by atoms with Crippen LogP contribution >= 0.6 is 0 Å². The van der Waals surface area contributed by atoms with Gasteiger partial charge in [-0.2, -0.15) is 0 Å². The lowest BCUT2D eigenvalue weighted by molar-refractivity contribution is 0.0413. The van der Waals surface area contributed by atoms with E-state index in [1.54, 1.807) is 6.33 Å². The van der Waals surface area contributed by atoms with Crippen molar-refractivity contribution < 1.29 is 5.11 Å². The van der Waals surface area contributed by atoms with Gasteiger partial charge in [0.05, 0.1) is 6.54 Å². The maximum absolute atomic E-state index is 9.39. The summed E-state index contributed by atoms with van der Waals surface area (Å²) >= 11 is 0. The normalized spacial score (nSPS) is 27.2. The molecule has 1 aliphatic rings. The van der Waals surface area contributed by atoms with E-state index in [9.17, 15) is 5.11 Å². The molecule has 1 fully saturated rings. The maximum atomic E-state index is 9.39. The molecule has 1 atom stereocenters. The zero-order valence-corrected chi connectivity index (χ0v) is 10.1. The highest BCUT2D eigenvalue weighted by atomic mass is 16.3. The zero-order chi connectivity index (χ0) is 11.6. The summed E-state index contributed by atoms with van der Waals surface area (Å²) in [5, 5.41) is 17.4. The van der Waals surface area contributed by atoms with Crippen LogP contribution in [0.2, 0.25) is 0 Å². The van der Waals surface area contributed by atoms with E-state index in [2.05, 4.69) is 22.0 Å². The Morgan fingerprint density at radius 1 is 1.56 bits per heavy atom. The van der Waals surface area contributed by atoms with Gasteiger partial charge in [-0.25, -0.2) is 0 Å². The number of nitrogens with zero attached hydrogens (tertiary/aromatic N) is 4. The van der Waals surface area contributed by atoms with Gasteiger partial charge in [-0.15, -0.1) is 10.2 Å². The Bertz CT molecular complexity index is 352. The number of aromatic nitrogens is 3. The van der Waals surface area contributed by atoms with Crippen LogP contribution in [-0.2, 0) is 13.6 Å². The number of hydrogen-bond acceptors (Lipinski definition) is 4. The lowest BCUT2D eigenvalue weighted by Crippen LogP contribution is -2.43. The van der Waals surface area contributed by atoms with Crippen LogP contribution in [0, 0.1) is 5.41 Å². The maximum Gasteiger partial charge on any atom is 0.146 e. The summed E-state index contributed by atoms with van der Waals surface area (Å²) in [4.78, 5) is 2.35. The zero-order valence-electron chi connectivity index (χ0n) is 10.1. The Labute approximate surface area is 96.1 Å². The van der Waals surface area contributed by atoms with Crippen LogP contribution in [0.1, 0.15) is 25.6 Å². The Morgan fingerprint density at radius 3 is 3.00 bits per heavy atom. The first-order chi connectivity index (χ1) is 7.63. The molecule has 0 amide bonds. The molecule has 0 spiro atoms. The predicted octanol–water partition coefficient (Wildman–Crippen LogP) is 0.409. The summed E-state index contributed by atoms with van der Waals surface area (Å²) in [5.41, 5.74) is 0.0524. The molecule has 1 saturated heterocycles. The average molecular weight is 224 g/mol. The Kier molecular flexibility index (Phi) is 3.25. The third kappa shape index (κ3) is 2.41. The monoisotopic (exact) mass is 224 g/mol. The summed E-state index contributed by atoms with van der Waals surface area (Å²) in [5.74, 6) is 0.988. The van der Waals surface area contributed by atoms with Crippen LogP contribution in [0.3, 0.4) is 0 Å². The van der Waals surface area contributed by atoms with E-state index in [0.717, 1.165) is 38.3 Å². The Hall–Kier alpha value is -0.940. The number of hydrogen-bond donors (Lipinski definition) is 1. The average Bonchev–Trinajstić information content (AvgIpc) is 2.65. The van der Waals surface area contributed by atoms with Crippen molar-refractivity contribution in [3.05, 3.63) is 12.2 Å². The molecule has 90 valence electrons. The first kappa shape index (κ1) is 11.5. The molecule has 16 heavy (non-hydrogen) atoms. The van der Waals surface area contributed by atoms with Crippen molar-refractivity contribution in [1.82, 2.24) is 19.7 Å². The van der Waals surface area contributed by atoms with Crippen LogP contribution in [0.4, 0.5) is 0 Å². The van der Waals surface area contributed by atoms with Crippen LogP contribution in [0.25, 0.3) is 0 Å². The Morgan fingerprint density at radius 2 is 2.38 bits per heavy atom. The topological polar surface area (TPSA) is 54.2 Å². The molecule has 0 radical (unpaired) electrons. The molecule has 5 nitrogen and oxygen atoms in total. The molecule has 0 aliphatic carbocycles. The minimum Gasteiger partial charge on any atom is -0.396 e. The molecule has 1 unspecified atom stereocenters. The predicted molar refractivity (Wildman–Crippen MR) is 60.7 cm³/mol. The number of aliphatic hydroxyl groups is 1. The third-order valence-corrected chi connectivity index (χ3v) is 3.41. The van der Waals surface area contributed by atoms with Gasteiger partial charge in [0.2, 0.25) is 0 Å². The molecule has 5 heteroatoms. The standard InChI is InChI=1S/C11H20N4O/c1-11(8-16)4-3-5-15(7-11)6-10-13-12-9-14(10)2/h9,16H,3-8H2,1-2H3. The summed E-state index contributed by atoms with van der Waals surface area (Å²) in [6.45, 7) is 5.27. The van der Waals surface area contributed by atoms with Gasteiger partial charge in [0, 0.05) is 25.6 Å². The number of likely N-dealkylation sites (tertiary alicyclic amines) is 1. The van der Waals surface area contributed by atoms with Gasteiger partial charge in [0.25, 0.3) is 0 Å². The van der Waals surface area contributed by atoms with Gasteiger partial charge >= 0.3 is 0 Å². The van der Waals surface area contributed by atoms with E-state index < -0.39 is 0 Å². The molecule has 0 saturated carbocycles. The molecule has 1 N–H and O–H groups in total. The fourth-order valence-electron chi connectivity index (χ4n) is 2.34. The van der Waals surface area contributed by atoms with Gasteiger partial charge in [-0.1, -0.05) is 6.92 Å². The second kappa shape index (κ2) is 4.51. The smallest absolute Gasteiger partial charge is 0.146 e. The van der Waals surface area contributed by atoms with Gasteiger partial charge in [-0.3, -0.25) is 4.90 Å². The summed E-state index contributed by atoms with van der Waals surface area (Å²) in [6.07, 6.45) is 3.98. The highest BCUT2D eigenvalue weighted by molar-refractivity contribution is 4.89. The fourth-order valence-corrected chi connectivity index (χ4v) is 2.34. The van der Waals surface area contributed by atoms with Crippen molar-refractivity contribution in [3.8, 4) is 0 Å². The van der Waals surface area contributed by atoms with Crippen LogP contribution in [-0.4, -0.2) is 44.5 Å². The van der Waals surface area contributed by atoms with Crippen LogP contribution < -0.4 is 0 Å². The van der Waals surface area contributed by atoms with Gasteiger partial charge < -0.3 is 9.67 Å². The highest BCUT2D eigenvalue weighted by Crippen LogP contribution is 2.29. The van der Waals surface area contributed by atoms with Crippen molar-refractivity contribution in [2.45, 2.75) is 26.3 Å². The van der Waals surface area contributed by atoms with E-state index in [1.807, 2.05) is 11.6 Å². The van der Waals surface area contributed by atoms with Gasteiger partial charge in [0.15, 0.2) is 0 Å². The van der Waals surface area contributed by atoms with Crippen molar-refractivity contribution in [3.63, 3.8) is 0 Å². The molecular formula is C11H20N4O. The van der Waals surface area contributed by atoms with Crippen molar-refractivity contribution in [1.29, 1.82) is 0 Å². The number of aryl methyl sites for hydroxylation is 1. The molecule has 0 bridgehead atoms. The number of piperidine rings is 1. The van der Waals surface area contributed by atoms with Crippen LogP contribution in [0.15, 0.2) is 6.33 Å². The lowest BCUT2D eigenvalue weighted by Gasteiger charge is -2.39. The van der Waals surface area contributed by atoms with Gasteiger partial charge in [-0.05, 0) is 19.4 Å². The SMILES string of the molecule is Cn1cnnc1CN1CCCC(C)(CO)C1. The van der Waals surface area contributed by atoms with Gasteiger partial charge in [0.1, 0.15) is 12.2 Å². The molecule has 0 aromatic carbocycles. The summed E-state index contributed by atoms with van der Waals surface area (Å²) < 4.78 is 1.95. The minimum atomic E-state index is 0.0524. The van der Waals surface area contributed by atoms with Crippen molar-refractivity contribution in [2.75, 3.05) is 19.7 Å². The summed E-state index contributed by atoms with van der Waals surface area (Å²) in [6, 6.07) is 0. The van der Waals surface area contributed by atoms with E-state index >= 15 is 0 Å². The first-order valence-electron chi connectivity index (χ1n) is 5.79. The minimum absolute atomic E-state index is 0.0524. The Balaban J connectivity index is 1.98. The molecule has 2 rings (SSSR count). The number of rotatable bonds is 3. The van der Waals surface area contributed by atoms with E-state index in [0.29, 0.717) is 0 Å². The highest BCUT2D eigenvalue weighted by Gasteiger charge is 2.30. The molecule has 1 aromatic rings. The summed E-state index contributed by atoms with van der Waals surface area (Å²) in [7, 11) is 1.96.